The van der Waals surface area contributed by atoms with Crippen LogP contribution in [-0.4, -0.2) is 30.0 Å². The first-order chi connectivity index (χ1) is 8.25. The van der Waals surface area contributed by atoms with Gasteiger partial charge in [0.05, 0.1) is 11.0 Å². The van der Waals surface area contributed by atoms with Gasteiger partial charge in [-0.05, 0) is 32.7 Å². The van der Waals surface area contributed by atoms with Crippen LogP contribution in [0, 0.1) is 6.92 Å². The standard InChI is InChI=1S/C12H19N3OS/c1-9-8-17-11(15-9)5-3-7-14-12(16)10-4-2-6-13-10/h8,10,13H,2-7H2,1H3,(H,14,16). The highest BCUT2D eigenvalue weighted by Gasteiger charge is 2.20. The molecule has 1 aromatic rings. The van der Waals surface area contributed by atoms with Gasteiger partial charge in [0.15, 0.2) is 0 Å². The normalized spacial score (nSPS) is 19.5. The Hall–Kier alpha value is -0.940. The molecular weight excluding hydrogens is 234 g/mol. The van der Waals surface area contributed by atoms with Crippen LogP contribution in [0.3, 0.4) is 0 Å². The summed E-state index contributed by atoms with van der Waals surface area (Å²) in [5.41, 5.74) is 1.09. The van der Waals surface area contributed by atoms with Gasteiger partial charge >= 0.3 is 0 Å². The van der Waals surface area contributed by atoms with Crippen LogP contribution in [-0.2, 0) is 11.2 Å². The maximum Gasteiger partial charge on any atom is 0.237 e. The third-order valence-electron chi connectivity index (χ3n) is 2.91. The minimum atomic E-state index is 0.0390. The Morgan fingerprint density at radius 1 is 1.71 bits per heavy atom. The van der Waals surface area contributed by atoms with Crippen molar-refractivity contribution < 1.29 is 4.79 Å². The molecule has 4 nitrogen and oxygen atoms in total. The van der Waals surface area contributed by atoms with E-state index >= 15 is 0 Å². The van der Waals surface area contributed by atoms with E-state index < -0.39 is 0 Å². The van der Waals surface area contributed by atoms with Gasteiger partial charge in [-0.15, -0.1) is 11.3 Å². The summed E-state index contributed by atoms with van der Waals surface area (Å²) in [7, 11) is 0. The van der Waals surface area contributed by atoms with Gasteiger partial charge in [-0.1, -0.05) is 0 Å². The molecule has 17 heavy (non-hydrogen) atoms. The predicted octanol–water partition coefficient (Wildman–Crippen LogP) is 1.25. The SMILES string of the molecule is Cc1csc(CCCNC(=O)C2CCCN2)n1. The molecule has 2 heterocycles. The second-order valence-corrected chi connectivity index (χ2v) is 5.37. The predicted molar refractivity (Wildman–Crippen MR) is 69.2 cm³/mol. The van der Waals surface area contributed by atoms with Crippen LogP contribution >= 0.6 is 11.3 Å². The zero-order valence-corrected chi connectivity index (χ0v) is 11.0. The zero-order chi connectivity index (χ0) is 12.1. The third kappa shape index (κ3) is 3.78. The van der Waals surface area contributed by atoms with Crippen molar-refractivity contribution in [2.24, 2.45) is 0 Å². The van der Waals surface area contributed by atoms with Gasteiger partial charge in [-0.2, -0.15) is 0 Å². The number of carbonyl (C=O) groups excluding carboxylic acids is 1. The molecule has 0 aromatic carbocycles. The lowest BCUT2D eigenvalue weighted by molar-refractivity contribution is -0.122. The second-order valence-electron chi connectivity index (χ2n) is 4.43. The molecule has 0 saturated carbocycles. The maximum atomic E-state index is 11.7. The lowest BCUT2D eigenvalue weighted by Crippen LogP contribution is -2.40. The van der Waals surface area contributed by atoms with E-state index in [2.05, 4.69) is 21.0 Å². The molecule has 1 aromatic heterocycles. The highest BCUT2D eigenvalue weighted by molar-refractivity contribution is 7.09. The van der Waals surface area contributed by atoms with E-state index in [-0.39, 0.29) is 11.9 Å². The molecule has 0 aliphatic carbocycles. The van der Waals surface area contributed by atoms with Crippen molar-refractivity contribution in [3.05, 3.63) is 16.1 Å². The number of amides is 1. The molecule has 1 saturated heterocycles. The molecule has 0 spiro atoms. The number of nitrogens with zero attached hydrogens (tertiary/aromatic N) is 1. The molecule has 5 heteroatoms. The van der Waals surface area contributed by atoms with Crippen molar-refractivity contribution in [2.75, 3.05) is 13.1 Å². The van der Waals surface area contributed by atoms with Gasteiger partial charge in [0.25, 0.3) is 0 Å². The Balaban J connectivity index is 1.61. The lowest BCUT2D eigenvalue weighted by atomic mass is 10.2. The van der Waals surface area contributed by atoms with Gasteiger partial charge in [-0.3, -0.25) is 4.79 Å². The van der Waals surface area contributed by atoms with Crippen molar-refractivity contribution in [1.29, 1.82) is 0 Å². The fourth-order valence-electron chi connectivity index (χ4n) is 2.00. The quantitative estimate of drug-likeness (QED) is 0.777. The minimum absolute atomic E-state index is 0.0390. The van der Waals surface area contributed by atoms with Gasteiger partial charge in [-0.25, -0.2) is 4.98 Å². The first kappa shape index (κ1) is 12.5. The van der Waals surface area contributed by atoms with Gasteiger partial charge in [0, 0.05) is 24.0 Å². The summed E-state index contributed by atoms with van der Waals surface area (Å²) in [5, 5.41) is 9.40. The van der Waals surface area contributed by atoms with Crippen LogP contribution < -0.4 is 10.6 Å². The van der Waals surface area contributed by atoms with E-state index in [0.29, 0.717) is 0 Å². The number of hydrogen-bond donors (Lipinski definition) is 2. The smallest absolute Gasteiger partial charge is 0.237 e. The molecule has 0 bridgehead atoms. The third-order valence-corrected chi connectivity index (χ3v) is 3.94. The Morgan fingerprint density at radius 2 is 2.59 bits per heavy atom. The Kier molecular flexibility index (Phi) is 4.50. The van der Waals surface area contributed by atoms with E-state index in [1.54, 1.807) is 11.3 Å². The molecule has 2 rings (SSSR count). The molecule has 1 aliphatic heterocycles. The highest BCUT2D eigenvalue weighted by atomic mass is 32.1. The minimum Gasteiger partial charge on any atom is -0.355 e. The number of hydrogen-bond acceptors (Lipinski definition) is 4. The molecular formula is C12H19N3OS. The largest absolute Gasteiger partial charge is 0.355 e. The van der Waals surface area contributed by atoms with Crippen molar-refractivity contribution in [1.82, 2.24) is 15.6 Å². The van der Waals surface area contributed by atoms with Crippen LogP contribution in [0.1, 0.15) is 30.0 Å². The molecule has 1 amide bonds. The fraction of sp³-hybridized carbons (Fsp3) is 0.667. The Morgan fingerprint density at radius 3 is 3.24 bits per heavy atom. The summed E-state index contributed by atoms with van der Waals surface area (Å²) in [5.74, 6) is 0.151. The average Bonchev–Trinajstić information content (AvgIpc) is 2.95. The lowest BCUT2D eigenvalue weighted by Gasteiger charge is -2.10. The Labute approximate surface area is 106 Å². The highest BCUT2D eigenvalue weighted by Crippen LogP contribution is 2.10. The summed E-state index contributed by atoms with van der Waals surface area (Å²) in [6, 6.07) is 0.0390. The van der Waals surface area contributed by atoms with Crippen LogP contribution in [0.25, 0.3) is 0 Å². The number of thiazole rings is 1. The van der Waals surface area contributed by atoms with Crippen LogP contribution in [0.2, 0.25) is 0 Å². The van der Waals surface area contributed by atoms with Crippen molar-refractivity contribution in [2.45, 2.75) is 38.6 Å². The molecule has 94 valence electrons. The van der Waals surface area contributed by atoms with Crippen LogP contribution in [0.15, 0.2) is 5.38 Å². The fourth-order valence-corrected chi connectivity index (χ4v) is 2.82. The number of carbonyl (C=O) groups is 1. The van der Waals surface area contributed by atoms with Gasteiger partial charge in [0.2, 0.25) is 5.91 Å². The van der Waals surface area contributed by atoms with Crippen LogP contribution in [0.4, 0.5) is 0 Å². The summed E-state index contributed by atoms with van der Waals surface area (Å²) in [6.07, 6.45) is 4.00. The second kappa shape index (κ2) is 6.12. The molecule has 1 unspecified atom stereocenters. The summed E-state index contributed by atoms with van der Waals surface area (Å²) < 4.78 is 0. The van der Waals surface area contributed by atoms with E-state index in [9.17, 15) is 4.79 Å². The van der Waals surface area contributed by atoms with Gasteiger partial charge in [0.1, 0.15) is 0 Å². The van der Waals surface area contributed by atoms with E-state index in [4.69, 9.17) is 0 Å². The molecule has 2 N–H and O–H groups in total. The van der Waals surface area contributed by atoms with E-state index in [0.717, 1.165) is 49.5 Å². The van der Waals surface area contributed by atoms with Gasteiger partial charge < -0.3 is 10.6 Å². The van der Waals surface area contributed by atoms with Crippen molar-refractivity contribution in [3.8, 4) is 0 Å². The maximum absolute atomic E-state index is 11.7. The molecule has 1 aliphatic rings. The van der Waals surface area contributed by atoms with E-state index in [1.807, 2.05) is 6.92 Å². The first-order valence-corrected chi connectivity index (χ1v) is 7.06. The van der Waals surface area contributed by atoms with Crippen LogP contribution in [0.5, 0.6) is 0 Å². The molecule has 0 radical (unpaired) electrons. The van der Waals surface area contributed by atoms with E-state index in [1.165, 1.54) is 0 Å². The number of aromatic nitrogens is 1. The number of aryl methyl sites for hydroxylation is 2. The zero-order valence-electron chi connectivity index (χ0n) is 10.2. The molecule has 1 atom stereocenters. The monoisotopic (exact) mass is 253 g/mol. The summed E-state index contributed by atoms with van der Waals surface area (Å²) in [4.78, 5) is 16.1. The first-order valence-electron chi connectivity index (χ1n) is 6.18. The topological polar surface area (TPSA) is 54.0 Å². The molecule has 1 fully saturated rings. The number of rotatable bonds is 5. The van der Waals surface area contributed by atoms with Crippen molar-refractivity contribution >= 4 is 17.2 Å². The average molecular weight is 253 g/mol. The van der Waals surface area contributed by atoms with Crippen molar-refractivity contribution in [3.63, 3.8) is 0 Å². The summed E-state index contributed by atoms with van der Waals surface area (Å²) in [6.45, 7) is 3.72. The Bertz CT molecular complexity index is 372. The summed E-state index contributed by atoms with van der Waals surface area (Å²) >= 11 is 1.70. The number of nitrogens with one attached hydrogen (secondary N) is 2.